The topological polar surface area (TPSA) is 67.4 Å². The highest BCUT2D eigenvalue weighted by Crippen LogP contribution is 2.15. The molecule has 1 fully saturated rings. The third-order valence-electron chi connectivity index (χ3n) is 3.39. The van der Waals surface area contributed by atoms with Crippen molar-refractivity contribution in [1.29, 1.82) is 0 Å². The van der Waals surface area contributed by atoms with E-state index in [1.807, 2.05) is 13.8 Å². The molecule has 6 heteroatoms. The second-order valence-electron chi connectivity index (χ2n) is 5.59. The van der Waals surface area contributed by atoms with E-state index in [1.54, 1.807) is 6.92 Å². The van der Waals surface area contributed by atoms with E-state index in [4.69, 9.17) is 4.74 Å². The van der Waals surface area contributed by atoms with Crippen molar-refractivity contribution < 1.29 is 13.2 Å². The molecule has 0 aromatic carbocycles. The summed E-state index contributed by atoms with van der Waals surface area (Å²) in [5, 5.41) is 2.73. The zero-order chi connectivity index (χ0) is 14.3. The Morgan fingerprint density at radius 3 is 2.58 bits per heavy atom. The highest BCUT2D eigenvalue weighted by atomic mass is 32.2. The average molecular weight is 292 g/mol. The van der Waals surface area contributed by atoms with Gasteiger partial charge < -0.3 is 10.1 Å². The fourth-order valence-electron chi connectivity index (χ4n) is 2.05. The molecule has 19 heavy (non-hydrogen) atoms. The minimum atomic E-state index is -3.22. The van der Waals surface area contributed by atoms with Crippen LogP contribution in [-0.2, 0) is 14.8 Å². The number of ether oxygens (including phenoxy) is 1. The monoisotopic (exact) mass is 292 g/mol. The van der Waals surface area contributed by atoms with Gasteiger partial charge in [-0.3, -0.25) is 0 Å². The Labute approximate surface area is 117 Å². The predicted octanol–water partition coefficient (Wildman–Crippen LogP) is 1.25. The Morgan fingerprint density at radius 1 is 1.26 bits per heavy atom. The van der Waals surface area contributed by atoms with Crippen molar-refractivity contribution in [2.75, 3.05) is 19.7 Å². The molecule has 0 spiro atoms. The molecular formula is C13H28N2O3S. The van der Waals surface area contributed by atoms with Crippen LogP contribution >= 0.6 is 0 Å². The lowest BCUT2D eigenvalue weighted by Crippen LogP contribution is -2.41. The molecule has 2 atom stereocenters. The molecule has 5 nitrogen and oxygen atoms in total. The van der Waals surface area contributed by atoms with Crippen LogP contribution < -0.4 is 10.0 Å². The zero-order valence-corrected chi connectivity index (χ0v) is 13.1. The first-order chi connectivity index (χ1) is 8.92. The van der Waals surface area contributed by atoms with E-state index in [0.717, 1.165) is 25.9 Å². The molecule has 2 N–H and O–H groups in total. The normalized spacial score (nSPS) is 22.6. The van der Waals surface area contributed by atoms with E-state index >= 15 is 0 Å². The van der Waals surface area contributed by atoms with Gasteiger partial charge in [-0.25, -0.2) is 13.1 Å². The highest BCUT2D eigenvalue weighted by molar-refractivity contribution is 7.90. The molecule has 0 saturated carbocycles. The molecule has 0 bridgehead atoms. The Morgan fingerprint density at radius 2 is 2.00 bits per heavy atom. The number of sulfonamides is 1. The Kier molecular flexibility index (Phi) is 7.28. The lowest BCUT2D eigenvalue weighted by Gasteiger charge is -2.23. The lowest BCUT2D eigenvalue weighted by molar-refractivity contribution is 0.0123. The molecule has 1 saturated heterocycles. The molecule has 0 radical (unpaired) electrons. The standard InChI is InChI=1S/C13H28N2O3S/c1-11(2)14-10-12(3)19(16,17)15-8-7-13-6-4-5-9-18-13/h11-15H,4-10H2,1-3H3. The summed E-state index contributed by atoms with van der Waals surface area (Å²) >= 11 is 0. The van der Waals surface area contributed by atoms with Crippen molar-refractivity contribution in [3.8, 4) is 0 Å². The summed E-state index contributed by atoms with van der Waals surface area (Å²) in [7, 11) is -3.22. The van der Waals surface area contributed by atoms with Crippen LogP contribution in [0.1, 0.15) is 46.5 Å². The van der Waals surface area contributed by atoms with Crippen molar-refractivity contribution in [3.63, 3.8) is 0 Å². The number of rotatable bonds is 8. The SMILES string of the molecule is CC(C)NCC(C)S(=O)(=O)NCCC1CCCCO1. The van der Waals surface area contributed by atoms with E-state index in [9.17, 15) is 8.42 Å². The fraction of sp³-hybridized carbons (Fsp3) is 1.00. The van der Waals surface area contributed by atoms with Gasteiger partial charge in [0, 0.05) is 25.7 Å². The Bertz CT molecular complexity index is 338. The molecule has 1 rings (SSSR count). The molecule has 0 aromatic rings. The van der Waals surface area contributed by atoms with Crippen LogP contribution in [0.15, 0.2) is 0 Å². The minimum absolute atomic E-state index is 0.223. The molecule has 0 aliphatic carbocycles. The van der Waals surface area contributed by atoms with E-state index in [0.29, 0.717) is 19.1 Å². The first-order valence-electron chi connectivity index (χ1n) is 7.25. The highest BCUT2D eigenvalue weighted by Gasteiger charge is 2.21. The van der Waals surface area contributed by atoms with E-state index in [1.165, 1.54) is 6.42 Å². The largest absolute Gasteiger partial charge is 0.378 e. The lowest BCUT2D eigenvalue weighted by atomic mass is 10.1. The maximum atomic E-state index is 12.0. The third kappa shape index (κ3) is 6.70. The fourth-order valence-corrected chi connectivity index (χ4v) is 3.05. The smallest absolute Gasteiger partial charge is 0.215 e. The second-order valence-corrected chi connectivity index (χ2v) is 7.77. The van der Waals surface area contributed by atoms with Crippen molar-refractivity contribution in [2.45, 2.75) is 63.9 Å². The van der Waals surface area contributed by atoms with E-state index < -0.39 is 15.3 Å². The van der Waals surface area contributed by atoms with Gasteiger partial charge in [-0.2, -0.15) is 0 Å². The minimum Gasteiger partial charge on any atom is -0.378 e. The van der Waals surface area contributed by atoms with E-state index in [2.05, 4.69) is 10.0 Å². The van der Waals surface area contributed by atoms with Crippen molar-refractivity contribution in [2.24, 2.45) is 0 Å². The first kappa shape index (κ1) is 16.9. The van der Waals surface area contributed by atoms with Gasteiger partial charge in [0.25, 0.3) is 0 Å². The third-order valence-corrected chi connectivity index (χ3v) is 5.22. The molecule has 2 unspecified atom stereocenters. The van der Waals surface area contributed by atoms with Crippen LogP contribution in [0.4, 0.5) is 0 Å². The van der Waals surface area contributed by atoms with E-state index in [-0.39, 0.29) is 6.10 Å². The number of nitrogens with one attached hydrogen (secondary N) is 2. The van der Waals surface area contributed by atoms with Crippen LogP contribution in [0.2, 0.25) is 0 Å². The maximum Gasteiger partial charge on any atom is 0.215 e. The van der Waals surface area contributed by atoms with Gasteiger partial charge in [0.2, 0.25) is 10.0 Å². The Hall–Kier alpha value is -0.170. The van der Waals surface area contributed by atoms with Gasteiger partial charge in [0.1, 0.15) is 0 Å². The van der Waals surface area contributed by atoms with Crippen LogP contribution in [0.25, 0.3) is 0 Å². The van der Waals surface area contributed by atoms with Crippen molar-refractivity contribution >= 4 is 10.0 Å². The molecule has 1 aliphatic rings. The summed E-state index contributed by atoms with van der Waals surface area (Å²) in [6.07, 6.45) is 4.35. The summed E-state index contributed by atoms with van der Waals surface area (Å²) in [5.41, 5.74) is 0. The number of hydrogen-bond acceptors (Lipinski definition) is 4. The molecule has 0 aromatic heterocycles. The van der Waals surface area contributed by atoms with Gasteiger partial charge in [0.15, 0.2) is 0 Å². The van der Waals surface area contributed by atoms with Gasteiger partial charge >= 0.3 is 0 Å². The van der Waals surface area contributed by atoms with Crippen LogP contribution in [0.3, 0.4) is 0 Å². The average Bonchev–Trinajstić information content (AvgIpc) is 2.36. The molecule has 114 valence electrons. The summed E-state index contributed by atoms with van der Waals surface area (Å²) in [6.45, 7) is 7.51. The van der Waals surface area contributed by atoms with Gasteiger partial charge in [-0.1, -0.05) is 13.8 Å². The summed E-state index contributed by atoms with van der Waals surface area (Å²) in [4.78, 5) is 0. The van der Waals surface area contributed by atoms with Gasteiger partial charge in [-0.15, -0.1) is 0 Å². The maximum absolute atomic E-state index is 12.0. The van der Waals surface area contributed by atoms with Crippen LogP contribution in [-0.4, -0.2) is 45.5 Å². The Balaban J connectivity index is 2.25. The summed E-state index contributed by atoms with van der Waals surface area (Å²) < 4.78 is 32.3. The van der Waals surface area contributed by atoms with Crippen molar-refractivity contribution in [3.05, 3.63) is 0 Å². The van der Waals surface area contributed by atoms with Gasteiger partial charge in [0.05, 0.1) is 11.4 Å². The van der Waals surface area contributed by atoms with Crippen LogP contribution in [0, 0.1) is 0 Å². The molecular weight excluding hydrogens is 264 g/mol. The summed E-state index contributed by atoms with van der Waals surface area (Å²) in [6, 6.07) is 0.299. The second kappa shape index (κ2) is 8.19. The first-order valence-corrected chi connectivity index (χ1v) is 8.80. The van der Waals surface area contributed by atoms with Gasteiger partial charge in [-0.05, 0) is 32.6 Å². The number of hydrogen-bond donors (Lipinski definition) is 2. The molecule has 1 aliphatic heterocycles. The zero-order valence-electron chi connectivity index (χ0n) is 12.3. The summed E-state index contributed by atoms with van der Waals surface area (Å²) in [5.74, 6) is 0. The predicted molar refractivity (Wildman–Crippen MR) is 77.7 cm³/mol. The molecule has 0 amide bonds. The molecule has 1 heterocycles. The van der Waals surface area contributed by atoms with Crippen molar-refractivity contribution in [1.82, 2.24) is 10.0 Å². The quantitative estimate of drug-likeness (QED) is 0.706. The van der Waals surface area contributed by atoms with Crippen LogP contribution in [0.5, 0.6) is 0 Å².